The molecule has 1 atom stereocenters. The molecule has 0 spiro atoms. The van der Waals surface area contributed by atoms with E-state index in [-0.39, 0.29) is 16.7 Å². The molecule has 2 aliphatic rings. The first-order valence-corrected chi connectivity index (χ1v) is 7.17. The first kappa shape index (κ1) is 13.7. The van der Waals surface area contributed by atoms with Gasteiger partial charge in [0.2, 0.25) is 0 Å². The number of benzene rings is 1. The van der Waals surface area contributed by atoms with E-state index >= 15 is 0 Å². The highest BCUT2D eigenvalue weighted by atomic mass is 16.6. The van der Waals surface area contributed by atoms with Gasteiger partial charge < -0.3 is 14.4 Å². The van der Waals surface area contributed by atoms with Crippen molar-refractivity contribution in [3.8, 4) is 11.5 Å². The zero-order valence-electron chi connectivity index (χ0n) is 11.9. The van der Waals surface area contributed by atoms with Gasteiger partial charge in [0.1, 0.15) is 12.7 Å². The van der Waals surface area contributed by atoms with Crippen molar-refractivity contribution in [3.05, 3.63) is 34.0 Å². The minimum absolute atomic E-state index is 0.0434. The summed E-state index contributed by atoms with van der Waals surface area (Å²) >= 11 is 0. The summed E-state index contributed by atoms with van der Waals surface area (Å²) in [7, 11) is 0. The Kier molecular flexibility index (Phi) is 3.68. The van der Waals surface area contributed by atoms with Gasteiger partial charge in [0.15, 0.2) is 11.5 Å². The maximum Gasteiger partial charge on any atom is 0.280 e. The smallest absolute Gasteiger partial charge is 0.280 e. The second-order valence-electron chi connectivity index (χ2n) is 5.41. The molecule has 0 amide bonds. The van der Waals surface area contributed by atoms with Crippen molar-refractivity contribution in [2.45, 2.75) is 25.9 Å². The lowest BCUT2D eigenvalue weighted by molar-refractivity contribution is -0.385. The summed E-state index contributed by atoms with van der Waals surface area (Å²) in [6, 6.07) is 3.14. The van der Waals surface area contributed by atoms with Gasteiger partial charge in [-0.1, -0.05) is 0 Å². The van der Waals surface area contributed by atoms with Crippen LogP contribution in [0.4, 0.5) is 5.69 Å². The summed E-state index contributed by atoms with van der Waals surface area (Å²) in [4.78, 5) is 13.0. The van der Waals surface area contributed by atoms with Gasteiger partial charge in [0.05, 0.1) is 16.6 Å². The van der Waals surface area contributed by atoms with Gasteiger partial charge in [-0.2, -0.15) is 0 Å². The molecule has 0 saturated carbocycles. The molecule has 0 N–H and O–H groups in total. The molecule has 3 rings (SSSR count). The number of likely N-dealkylation sites (tertiary alicyclic amines) is 1. The lowest BCUT2D eigenvalue weighted by Crippen LogP contribution is -2.25. The SMILES string of the molecule is CC1COc2cc(/C=C/N3CCCC3)c([N+](=O)[O-])cc2O1. The Labute approximate surface area is 123 Å². The monoisotopic (exact) mass is 290 g/mol. The molecular formula is C15H18N2O4. The van der Waals surface area contributed by atoms with Gasteiger partial charge >= 0.3 is 0 Å². The Morgan fingerprint density at radius 3 is 2.81 bits per heavy atom. The Morgan fingerprint density at radius 2 is 2.10 bits per heavy atom. The normalized spacial score (nSPS) is 21.0. The lowest BCUT2D eigenvalue weighted by atomic mass is 10.1. The number of hydrogen-bond donors (Lipinski definition) is 0. The molecule has 2 aliphatic heterocycles. The Hall–Kier alpha value is -2.24. The van der Waals surface area contributed by atoms with Gasteiger partial charge in [-0.25, -0.2) is 0 Å². The summed E-state index contributed by atoms with van der Waals surface area (Å²) in [5.41, 5.74) is 0.589. The Morgan fingerprint density at radius 1 is 1.33 bits per heavy atom. The van der Waals surface area contributed by atoms with E-state index in [9.17, 15) is 10.1 Å². The van der Waals surface area contributed by atoms with E-state index in [1.807, 2.05) is 13.1 Å². The summed E-state index contributed by atoms with van der Waals surface area (Å²) in [6.07, 6.45) is 5.96. The van der Waals surface area contributed by atoms with E-state index in [1.165, 1.54) is 18.9 Å². The molecule has 0 bridgehead atoms. The van der Waals surface area contributed by atoms with Crippen LogP contribution in [-0.2, 0) is 0 Å². The lowest BCUT2D eigenvalue weighted by Gasteiger charge is -2.24. The van der Waals surface area contributed by atoms with E-state index in [0.29, 0.717) is 23.7 Å². The fourth-order valence-electron chi connectivity index (χ4n) is 2.60. The summed E-state index contributed by atoms with van der Waals surface area (Å²) < 4.78 is 11.2. The average Bonchev–Trinajstić information content (AvgIpc) is 2.97. The Bertz CT molecular complexity index is 579. The molecule has 1 fully saturated rings. The summed E-state index contributed by atoms with van der Waals surface area (Å²) in [6.45, 7) is 4.34. The maximum atomic E-state index is 11.2. The highest BCUT2D eigenvalue weighted by Crippen LogP contribution is 2.38. The van der Waals surface area contributed by atoms with E-state index in [2.05, 4.69) is 4.90 Å². The zero-order chi connectivity index (χ0) is 14.8. The number of nitro groups is 1. The van der Waals surface area contributed by atoms with Crippen molar-refractivity contribution in [1.29, 1.82) is 0 Å². The number of ether oxygens (including phenoxy) is 2. The van der Waals surface area contributed by atoms with Crippen LogP contribution in [0.25, 0.3) is 6.08 Å². The van der Waals surface area contributed by atoms with Gasteiger partial charge in [-0.05, 0) is 38.1 Å². The van der Waals surface area contributed by atoms with E-state index in [4.69, 9.17) is 9.47 Å². The zero-order valence-corrected chi connectivity index (χ0v) is 11.9. The minimum atomic E-state index is -0.382. The molecule has 21 heavy (non-hydrogen) atoms. The Balaban J connectivity index is 1.92. The van der Waals surface area contributed by atoms with E-state index in [0.717, 1.165) is 13.1 Å². The molecule has 0 aromatic heterocycles. The minimum Gasteiger partial charge on any atom is -0.486 e. The predicted octanol–water partition coefficient (Wildman–Crippen LogP) is 2.82. The molecule has 112 valence electrons. The van der Waals surface area contributed by atoms with Crippen molar-refractivity contribution < 1.29 is 14.4 Å². The first-order chi connectivity index (χ1) is 10.1. The predicted molar refractivity (Wildman–Crippen MR) is 78.5 cm³/mol. The molecule has 1 unspecified atom stereocenters. The van der Waals surface area contributed by atoms with Crippen molar-refractivity contribution in [2.75, 3.05) is 19.7 Å². The fourth-order valence-corrected chi connectivity index (χ4v) is 2.60. The van der Waals surface area contributed by atoms with Gasteiger partial charge in [0, 0.05) is 13.1 Å². The molecule has 6 heteroatoms. The van der Waals surface area contributed by atoms with E-state index in [1.54, 1.807) is 12.1 Å². The van der Waals surface area contributed by atoms with Crippen LogP contribution in [0.1, 0.15) is 25.3 Å². The third-order valence-electron chi connectivity index (χ3n) is 3.70. The van der Waals surface area contributed by atoms with Crippen LogP contribution in [0.5, 0.6) is 11.5 Å². The molecule has 6 nitrogen and oxygen atoms in total. The number of rotatable bonds is 3. The molecular weight excluding hydrogens is 272 g/mol. The quantitative estimate of drug-likeness (QED) is 0.632. The van der Waals surface area contributed by atoms with Crippen molar-refractivity contribution in [3.63, 3.8) is 0 Å². The van der Waals surface area contributed by atoms with Crippen LogP contribution in [0.2, 0.25) is 0 Å². The fraction of sp³-hybridized carbons (Fsp3) is 0.467. The van der Waals surface area contributed by atoms with Gasteiger partial charge in [0.25, 0.3) is 5.69 Å². The molecule has 1 aromatic rings. The number of fused-ring (bicyclic) bond motifs is 1. The van der Waals surface area contributed by atoms with Crippen LogP contribution in [-0.4, -0.2) is 35.6 Å². The molecule has 0 radical (unpaired) electrons. The first-order valence-electron chi connectivity index (χ1n) is 7.17. The van der Waals surface area contributed by atoms with Gasteiger partial charge in [-0.15, -0.1) is 0 Å². The maximum absolute atomic E-state index is 11.2. The largest absolute Gasteiger partial charge is 0.486 e. The van der Waals surface area contributed by atoms with Crippen molar-refractivity contribution in [1.82, 2.24) is 4.90 Å². The highest BCUT2D eigenvalue weighted by Gasteiger charge is 2.23. The van der Waals surface area contributed by atoms with Crippen LogP contribution < -0.4 is 9.47 Å². The molecule has 1 saturated heterocycles. The number of hydrogen-bond acceptors (Lipinski definition) is 5. The van der Waals surface area contributed by atoms with Gasteiger partial charge in [-0.3, -0.25) is 10.1 Å². The van der Waals surface area contributed by atoms with E-state index < -0.39 is 0 Å². The summed E-state index contributed by atoms with van der Waals surface area (Å²) in [5.74, 6) is 1.01. The third kappa shape index (κ3) is 2.94. The molecule has 1 aromatic carbocycles. The number of nitrogens with zero attached hydrogens (tertiary/aromatic N) is 2. The van der Waals surface area contributed by atoms with Crippen molar-refractivity contribution >= 4 is 11.8 Å². The van der Waals surface area contributed by atoms with Crippen LogP contribution in [0.3, 0.4) is 0 Å². The van der Waals surface area contributed by atoms with Crippen molar-refractivity contribution in [2.24, 2.45) is 0 Å². The molecule has 2 heterocycles. The number of nitro benzene ring substituents is 1. The standard InChI is InChI=1S/C15H18N2O4/c1-11-10-20-14-8-12(4-7-16-5-2-3-6-16)13(17(18)19)9-15(14)21-11/h4,7-9,11H,2-3,5-6,10H2,1H3/b7-4+. The molecule has 0 aliphatic carbocycles. The third-order valence-corrected chi connectivity index (χ3v) is 3.70. The van der Waals surface area contributed by atoms with Crippen LogP contribution in [0, 0.1) is 10.1 Å². The second-order valence-corrected chi connectivity index (χ2v) is 5.41. The van der Waals surface area contributed by atoms with Crippen LogP contribution >= 0.6 is 0 Å². The van der Waals surface area contributed by atoms with Crippen LogP contribution in [0.15, 0.2) is 18.3 Å². The second kappa shape index (κ2) is 5.63. The highest BCUT2D eigenvalue weighted by molar-refractivity contribution is 5.66. The average molecular weight is 290 g/mol. The summed E-state index contributed by atoms with van der Waals surface area (Å²) in [5, 5.41) is 11.2. The topological polar surface area (TPSA) is 64.8 Å².